The van der Waals surface area contributed by atoms with E-state index in [0.29, 0.717) is 24.2 Å². The van der Waals surface area contributed by atoms with Crippen LogP contribution in [-0.4, -0.2) is 5.97 Å². The summed E-state index contributed by atoms with van der Waals surface area (Å²) in [5.41, 5.74) is 3.31. The predicted molar refractivity (Wildman–Crippen MR) is 117 cm³/mol. The molecule has 0 saturated heterocycles. The fourth-order valence-corrected chi connectivity index (χ4v) is 3.73. The van der Waals surface area contributed by atoms with E-state index in [0.717, 1.165) is 44.0 Å². The first kappa shape index (κ1) is 19.3. The van der Waals surface area contributed by atoms with Crippen LogP contribution in [-0.2, 0) is 17.6 Å². The van der Waals surface area contributed by atoms with E-state index in [1.54, 1.807) is 6.92 Å². The summed E-state index contributed by atoms with van der Waals surface area (Å²) in [6.07, 6.45) is 3.08. The van der Waals surface area contributed by atoms with Gasteiger partial charge in [0.15, 0.2) is 0 Å². The average Bonchev–Trinajstić information content (AvgIpc) is 2.71. The maximum absolute atomic E-state index is 12.4. The number of carbonyl (C=O) groups excluding carboxylic acids is 1. The van der Waals surface area contributed by atoms with Crippen LogP contribution in [0, 0.1) is 6.92 Å². The molecule has 0 fully saturated rings. The molecule has 0 atom stereocenters. The normalized spacial score (nSPS) is 12.9. The molecule has 3 aromatic rings. The summed E-state index contributed by atoms with van der Waals surface area (Å²) in [7, 11) is 0. The lowest BCUT2D eigenvalue weighted by atomic mass is 9.90. The van der Waals surface area contributed by atoms with E-state index in [-0.39, 0.29) is 0 Å². The number of esters is 1. The number of benzene rings is 3. The number of hydrogen-bond donors (Lipinski definition) is 0. The van der Waals surface area contributed by atoms with Crippen molar-refractivity contribution in [2.75, 3.05) is 0 Å². The summed E-state index contributed by atoms with van der Waals surface area (Å²) >= 11 is 6.37. The smallest absolute Gasteiger partial charge is 0.338 e. The largest absolute Gasteiger partial charge is 0.456 e. The van der Waals surface area contributed by atoms with Gasteiger partial charge in [0.25, 0.3) is 0 Å². The lowest BCUT2D eigenvalue weighted by Crippen LogP contribution is -2.13. The minimum atomic E-state index is -0.448. The average molecular weight is 405 g/mol. The second kappa shape index (κ2) is 7.76. The van der Waals surface area contributed by atoms with Crippen molar-refractivity contribution in [3.63, 3.8) is 0 Å². The van der Waals surface area contributed by atoms with Crippen molar-refractivity contribution in [3.05, 3.63) is 88.5 Å². The molecule has 146 valence electrons. The maximum atomic E-state index is 12.4. The topological polar surface area (TPSA) is 35.5 Å². The molecule has 0 amide bonds. The lowest BCUT2D eigenvalue weighted by Gasteiger charge is -2.24. The molecule has 0 spiro atoms. The molecule has 3 nitrogen and oxygen atoms in total. The van der Waals surface area contributed by atoms with Crippen LogP contribution in [0.2, 0.25) is 0 Å². The fraction of sp³-hybridized carbons (Fsp3) is 0.160. The second-order valence-electron chi connectivity index (χ2n) is 7.28. The third kappa shape index (κ3) is 3.79. The van der Waals surface area contributed by atoms with Gasteiger partial charge in [0, 0.05) is 38.9 Å². The van der Waals surface area contributed by atoms with Crippen LogP contribution in [0.1, 0.15) is 23.6 Å². The number of rotatable bonds is 4. The maximum Gasteiger partial charge on any atom is 0.338 e. The van der Waals surface area contributed by atoms with Gasteiger partial charge in [-0.3, -0.25) is 0 Å². The van der Waals surface area contributed by atoms with Gasteiger partial charge in [-0.1, -0.05) is 60.2 Å². The summed E-state index contributed by atoms with van der Waals surface area (Å²) in [5.74, 6) is 1.62. The molecular formula is C25H21ClO3. The Morgan fingerprint density at radius 1 is 1.03 bits per heavy atom. The molecule has 0 radical (unpaired) electrons. The summed E-state index contributed by atoms with van der Waals surface area (Å²) < 4.78 is 12.2. The van der Waals surface area contributed by atoms with Crippen LogP contribution in [0.25, 0.3) is 10.8 Å². The summed E-state index contributed by atoms with van der Waals surface area (Å²) in [5, 5.41) is 2.45. The third-order valence-corrected chi connectivity index (χ3v) is 5.24. The summed E-state index contributed by atoms with van der Waals surface area (Å²) in [6.45, 7) is 7.38. The first-order chi connectivity index (χ1) is 13.9. The molecule has 0 saturated carbocycles. The van der Waals surface area contributed by atoms with Gasteiger partial charge < -0.3 is 9.47 Å². The minimum absolute atomic E-state index is 0.348. The monoisotopic (exact) mass is 404 g/mol. The first-order valence-electron chi connectivity index (χ1n) is 9.47. The standard InChI is InChI=1S/C25H21ClO3/c1-15(2)25(27)29-24-19-11-9-16(3)13-21(19)23(28-18-7-5-4-6-8-18)20-12-10-17(26)14-22(20)24/h4-11,13H,1,12,14H2,2-3H3. The Bertz CT molecular complexity index is 1160. The number of allylic oxidation sites excluding steroid dienone is 2. The highest BCUT2D eigenvalue weighted by molar-refractivity contribution is 6.30. The van der Waals surface area contributed by atoms with Gasteiger partial charge in [0.2, 0.25) is 0 Å². The molecule has 4 rings (SSSR count). The Hall–Kier alpha value is -3.04. The molecule has 0 unspecified atom stereocenters. The Labute approximate surface area is 175 Å². The van der Waals surface area contributed by atoms with Gasteiger partial charge in [-0.05, 0) is 38.5 Å². The molecule has 0 aliphatic heterocycles. The number of para-hydroxylation sites is 1. The van der Waals surface area contributed by atoms with E-state index < -0.39 is 5.97 Å². The van der Waals surface area contributed by atoms with E-state index >= 15 is 0 Å². The zero-order chi connectivity index (χ0) is 20.5. The number of ether oxygens (including phenoxy) is 2. The highest BCUT2D eigenvalue weighted by atomic mass is 35.5. The van der Waals surface area contributed by atoms with E-state index in [1.165, 1.54) is 0 Å². The third-order valence-electron chi connectivity index (χ3n) is 4.96. The second-order valence-corrected chi connectivity index (χ2v) is 7.77. The van der Waals surface area contributed by atoms with Crippen molar-refractivity contribution in [2.24, 2.45) is 0 Å². The van der Waals surface area contributed by atoms with Crippen molar-refractivity contribution in [1.82, 2.24) is 0 Å². The van der Waals surface area contributed by atoms with Gasteiger partial charge in [-0.25, -0.2) is 4.79 Å². The quantitative estimate of drug-likeness (QED) is 0.277. The van der Waals surface area contributed by atoms with Crippen LogP contribution < -0.4 is 9.47 Å². The molecule has 4 heteroatoms. The van der Waals surface area contributed by atoms with Crippen molar-refractivity contribution in [1.29, 1.82) is 0 Å². The zero-order valence-corrected chi connectivity index (χ0v) is 17.2. The Morgan fingerprint density at radius 3 is 2.52 bits per heavy atom. The van der Waals surface area contributed by atoms with E-state index in [9.17, 15) is 4.79 Å². The molecule has 1 aliphatic rings. The van der Waals surface area contributed by atoms with Crippen LogP contribution in [0.3, 0.4) is 0 Å². The lowest BCUT2D eigenvalue weighted by molar-refractivity contribution is -0.130. The van der Waals surface area contributed by atoms with Gasteiger partial charge in [-0.2, -0.15) is 0 Å². The SMILES string of the molecule is C=C(C)C(=O)Oc1c2c(c(Oc3ccccc3)c3cc(C)ccc13)CC=C(Cl)C2. The molecule has 3 aromatic carbocycles. The van der Waals surface area contributed by atoms with Crippen LogP contribution >= 0.6 is 11.6 Å². The molecule has 0 heterocycles. The van der Waals surface area contributed by atoms with Gasteiger partial charge in [-0.15, -0.1) is 0 Å². The van der Waals surface area contributed by atoms with Gasteiger partial charge in [0.1, 0.15) is 17.2 Å². The minimum Gasteiger partial charge on any atom is -0.456 e. The van der Waals surface area contributed by atoms with E-state index in [2.05, 4.69) is 12.6 Å². The van der Waals surface area contributed by atoms with Crippen LogP contribution in [0.15, 0.2) is 71.8 Å². The summed E-state index contributed by atoms with van der Waals surface area (Å²) in [6, 6.07) is 15.7. The van der Waals surface area contributed by atoms with Crippen molar-refractivity contribution >= 4 is 28.3 Å². The highest BCUT2D eigenvalue weighted by Gasteiger charge is 2.26. The molecule has 29 heavy (non-hydrogen) atoms. The van der Waals surface area contributed by atoms with Gasteiger partial charge in [0.05, 0.1) is 0 Å². The number of halogens is 1. The number of fused-ring (bicyclic) bond motifs is 2. The molecular weight excluding hydrogens is 384 g/mol. The van der Waals surface area contributed by atoms with E-state index in [4.69, 9.17) is 21.1 Å². The fourth-order valence-electron chi connectivity index (χ4n) is 3.52. The van der Waals surface area contributed by atoms with E-state index in [1.807, 2.05) is 55.5 Å². The summed E-state index contributed by atoms with van der Waals surface area (Å²) in [4.78, 5) is 12.4. The number of aryl methyl sites for hydroxylation is 1. The molecule has 0 N–H and O–H groups in total. The highest BCUT2D eigenvalue weighted by Crippen LogP contribution is 2.46. The molecule has 0 aromatic heterocycles. The number of hydrogen-bond acceptors (Lipinski definition) is 3. The van der Waals surface area contributed by atoms with Crippen molar-refractivity contribution in [3.8, 4) is 17.2 Å². The molecule has 1 aliphatic carbocycles. The number of carbonyl (C=O) groups is 1. The van der Waals surface area contributed by atoms with Crippen LogP contribution in [0.4, 0.5) is 0 Å². The van der Waals surface area contributed by atoms with Crippen molar-refractivity contribution < 1.29 is 14.3 Å². The Kier molecular flexibility index (Phi) is 5.16. The predicted octanol–water partition coefficient (Wildman–Crippen LogP) is 6.64. The van der Waals surface area contributed by atoms with Crippen molar-refractivity contribution in [2.45, 2.75) is 26.7 Å². The Morgan fingerprint density at radius 2 is 1.79 bits per heavy atom. The molecule has 0 bridgehead atoms. The Balaban J connectivity index is 1.99. The van der Waals surface area contributed by atoms with Gasteiger partial charge >= 0.3 is 5.97 Å². The van der Waals surface area contributed by atoms with Crippen LogP contribution in [0.5, 0.6) is 17.2 Å². The zero-order valence-electron chi connectivity index (χ0n) is 16.4. The first-order valence-corrected chi connectivity index (χ1v) is 9.85.